The fourth-order valence-electron chi connectivity index (χ4n) is 2.20. The molecule has 4 nitrogen and oxygen atoms in total. The Morgan fingerprint density at radius 2 is 2.06 bits per heavy atom. The minimum atomic E-state index is 0.532. The molecule has 0 amide bonds. The van der Waals surface area contributed by atoms with Crippen molar-refractivity contribution in [2.45, 2.75) is 51.4 Å². The van der Waals surface area contributed by atoms with Gasteiger partial charge in [-0.25, -0.2) is 0 Å². The molecule has 0 aliphatic heterocycles. The zero-order valence-electron chi connectivity index (χ0n) is 10.0. The van der Waals surface area contributed by atoms with Gasteiger partial charge < -0.3 is 9.73 Å². The van der Waals surface area contributed by atoms with Crippen molar-refractivity contribution >= 4 is 0 Å². The molecule has 0 radical (unpaired) electrons. The Morgan fingerprint density at radius 1 is 1.25 bits per heavy atom. The van der Waals surface area contributed by atoms with E-state index in [2.05, 4.69) is 22.4 Å². The van der Waals surface area contributed by atoms with Crippen molar-refractivity contribution < 1.29 is 4.42 Å². The summed E-state index contributed by atoms with van der Waals surface area (Å²) >= 11 is 0. The fraction of sp³-hybridized carbons (Fsp3) is 0.833. The van der Waals surface area contributed by atoms with Crippen LogP contribution in [0.3, 0.4) is 0 Å². The van der Waals surface area contributed by atoms with E-state index in [0.29, 0.717) is 5.92 Å². The summed E-state index contributed by atoms with van der Waals surface area (Å²) in [6, 6.07) is 0. The van der Waals surface area contributed by atoms with Gasteiger partial charge in [-0.3, -0.25) is 0 Å². The molecule has 2 rings (SSSR count). The average Bonchev–Trinajstić information content (AvgIpc) is 2.94. The second kappa shape index (κ2) is 5.99. The third-order valence-electron chi connectivity index (χ3n) is 3.13. The van der Waals surface area contributed by atoms with Gasteiger partial charge >= 0.3 is 0 Å². The van der Waals surface area contributed by atoms with Crippen LogP contribution in [0.2, 0.25) is 0 Å². The summed E-state index contributed by atoms with van der Waals surface area (Å²) in [5.41, 5.74) is 0. The number of hydrogen-bond donors (Lipinski definition) is 1. The van der Waals surface area contributed by atoms with Crippen molar-refractivity contribution in [3.8, 4) is 0 Å². The second-order valence-electron chi connectivity index (χ2n) is 4.52. The normalized spacial score (nSPS) is 17.1. The molecule has 0 unspecified atom stereocenters. The molecule has 0 saturated heterocycles. The van der Waals surface area contributed by atoms with Crippen molar-refractivity contribution in [3.05, 3.63) is 11.8 Å². The summed E-state index contributed by atoms with van der Waals surface area (Å²) in [7, 11) is 0. The van der Waals surface area contributed by atoms with Crippen molar-refractivity contribution in [2.24, 2.45) is 0 Å². The molecular weight excluding hydrogens is 202 g/mol. The first-order valence-electron chi connectivity index (χ1n) is 6.43. The number of nitrogens with zero attached hydrogens (tertiary/aromatic N) is 2. The minimum Gasteiger partial charge on any atom is -0.425 e. The summed E-state index contributed by atoms with van der Waals surface area (Å²) in [5, 5.41) is 11.6. The molecule has 1 aromatic rings. The molecule has 0 spiro atoms. The van der Waals surface area contributed by atoms with Crippen molar-refractivity contribution in [1.29, 1.82) is 0 Å². The van der Waals surface area contributed by atoms with Crippen LogP contribution in [0.25, 0.3) is 0 Å². The van der Waals surface area contributed by atoms with Crippen molar-refractivity contribution in [2.75, 3.05) is 13.1 Å². The Hall–Kier alpha value is -0.900. The highest BCUT2D eigenvalue weighted by Gasteiger charge is 2.22. The molecule has 1 aromatic heterocycles. The Bertz CT molecular complexity index is 305. The van der Waals surface area contributed by atoms with Crippen LogP contribution in [0, 0.1) is 0 Å². The molecule has 1 aliphatic rings. The van der Waals surface area contributed by atoms with Crippen molar-refractivity contribution in [1.82, 2.24) is 15.5 Å². The van der Waals surface area contributed by atoms with E-state index in [-0.39, 0.29) is 0 Å². The largest absolute Gasteiger partial charge is 0.425 e. The van der Waals surface area contributed by atoms with Crippen LogP contribution < -0.4 is 5.32 Å². The molecule has 0 atom stereocenters. The highest BCUT2D eigenvalue weighted by atomic mass is 16.4. The smallest absolute Gasteiger partial charge is 0.219 e. The van der Waals surface area contributed by atoms with E-state index in [4.69, 9.17) is 4.42 Å². The van der Waals surface area contributed by atoms with Crippen LogP contribution in [0.1, 0.15) is 56.7 Å². The molecule has 1 fully saturated rings. The van der Waals surface area contributed by atoms with Crippen LogP contribution in [0.5, 0.6) is 0 Å². The van der Waals surface area contributed by atoms with Crippen LogP contribution in [-0.4, -0.2) is 23.3 Å². The van der Waals surface area contributed by atoms with Crippen LogP contribution >= 0.6 is 0 Å². The maximum absolute atomic E-state index is 5.69. The van der Waals surface area contributed by atoms with E-state index in [1.807, 2.05) is 0 Å². The first kappa shape index (κ1) is 11.6. The van der Waals surface area contributed by atoms with Gasteiger partial charge in [0.1, 0.15) is 0 Å². The highest BCUT2D eigenvalue weighted by Crippen LogP contribution is 2.32. The van der Waals surface area contributed by atoms with E-state index < -0.39 is 0 Å². The van der Waals surface area contributed by atoms with E-state index in [0.717, 1.165) is 37.7 Å². The van der Waals surface area contributed by atoms with Gasteiger partial charge in [0, 0.05) is 18.9 Å². The van der Waals surface area contributed by atoms with Gasteiger partial charge in [0.2, 0.25) is 11.8 Å². The number of rotatable bonds is 6. The minimum absolute atomic E-state index is 0.532. The maximum Gasteiger partial charge on any atom is 0.219 e. The lowest BCUT2D eigenvalue weighted by Crippen LogP contribution is -2.17. The van der Waals surface area contributed by atoms with Gasteiger partial charge in [-0.1, -0.05) is 19.8 Å². The van der Waals surface area contributed by atoms with Gasteiger partial charge in [0.25, 0.3) is 0 Å². The third kappa shape index (κ3) is 3.04. The van der Waals surface area contributed by atoms with Crippen LogP contribution in [-0.2, 0) is 6.42 Å². The molecule has 1 heterocycles. The Labute approximate surface area is 96.8 Å². The van der Waals surface area contributed by atoms with Crippen molar-refractivity contribution in [3.63, 3.8) is 0 Å². The third-order valence-corrected chi connectivity index (χ3v) is 3.13. The summed E-state index contributed by atoms with van der Waals surface area (Å²) in [4.78, 5) is 0. The Balaban J connectivity index is 1.77. The predicted octanol–water partition coefficient (Wildman–Crippen LogP) is 2.27. The molecular formula is C12H21N3O. The SMILES string of the molecule is CCCNCCc1nnc(C2CCCC2)o1. The summed E-state index contributed by atoms with van der Waals surface area (Å²) in [5.74, 6) is 2.18. The molecule has 0 aromatic carbocycles. The highest BCUT2D eigenvalue weighted by molar-refractivity contribution is 4.94. The first-order chi connectivity index (χ1) is 7.90. The van der Waals surface area contributed by atoms with Gasteiger partial charge in [0.05, 0.1) is 0 Å². The number of nitrogens with one attached hydrogen (secondary N) is 1. The lowest BCUT2D eigenvalue weighted by molar-refractivity contribution is 0.413. The fourth-order valence-corrected chi connectivity index (χ4v) is 2.20. The average molecular weight is 223 g/mol. The molecule has 1 N–H and O–H groups in total. The van der Waals surface area contributed by atoms with E-state index in [1.54, 1.807) is 0 Å². The molecule has 16 heavy (non-hydrogen) atoms. The van der Waals surface area contributed by atoms with Gasteiger partial charge in [-0.05, 0) is 25.8 Å². The van der Waals surface area contributed by atoms with E-state index >= 15 is 0 Å². The second-order valence-corrected chi connectivity index (χ2v) is 4.52. The lowest BCUT2D eigenvalue weighted by Gasteiger charge is -2.01. The summed E-state index contributed by atoms with van der Waals surface area (Å²) in [6.07, 6.45) is 7.06. The monoisotopic (exact) mass is 223 g/mol. The quantitative estimate of drug-likeness (QED) is 0.752. The number of aromatic nitrogens is 2. The summed E-state index contributed by atoms with van der Waals surface area (Å²) in [6.45, 7) is 4.15. The predicted molar refractivity (Wildman–Crippen MR) is 62.4 cm³/mol. The lowest BCUT2D eigenvalue weighted by atomic mass is 10.1. The van der Waals surface area contributed by atoms with Gasteiger partial charge in [-0.15, -0.1) is 10.2 Å². The molecule has 4 heteroatoms. The molecule has 1 saturated carbocycles. The first-order valence-corrected chi connectivity index (χ1v) is 6.43. The molecule has 90 valence electrons. The van der Waals surface area contributed by atoms with E-state index in [1.165, 1.54) is 25.7 Å². The summed E-state index contributed by atoms with van der Waals surface area (Å²) < 4.78 is 5.69. The van der Waals surface area contributed by atoms with Crippen LogP contribution in [0.15, 0.2) is 4.42 Å². The topological polar surface area (TPSA) is 51.0 Å². The Kier molecular flexibility index (Phi) is 4.34. The zero-order chi connectivity index (χ0) is 11.2. The maximum atomic E-state index is 5.69. The standard InChI is InChI=1S/C12H21N3O/c1-2-8-13-9-7-11-14-15-12(16-11)10-5-3-4-6-10/h10,13H,2-9H2,1H3. The Morgan fingerprint density at radius 3 is 2.81 bits per heavy atom. The van der Waals surface area contributed by atoms with E-state index in [9.17, 15) is 0 Å². The number of hydrogen-bond acceptors (Lipinski definition) is 4. The van der Waals surface area contributed by atoms with Crippen LogP contribution in [0.4, 0.5) is 0 Å². The zero-order valence-corrected chi connectivity index (χ0v) is 10.0. The van der Waals surface area contributed by atoms with Gasteiger partial charge in [-0.2, -0.15) is 0 Å². The molecule has 0 bridgehead atoms. The molecule has 1 aliphatic carbocycles. The van der Waals surface area contributed by atoms with Gasteiger partial charge in [0.15, 0.2) is 0 Å².